The number of fused-ring (bicyclic) bond motifs is 1. The highest BCUT2D eigenvalue weighted by Crippen LogP contribution is 2.31. The molecule has 1 atom stereocenters. The molecule has 0 aliphatic carbocycles. The lowest BCUT2D eigenvalue weighted by molar-refractivity contribution is -0.116. The Hall–Kier alpha value is -2.41. The minimum Gasteiger partial charge on any atom is -0.356 e. The molecule has 0 radical (unpaired) electrons. The SMILES string of the molecule is CN=C(NCc1ccc(Br)c(F)c1)NCC1CC(=O)Nc2ccccc21. The van der Waals surface area contributed by atoms with Gasteiger partial charge in [-0.3, -0.25) is 9.79 Å². The van der Waals surface area contributed by atoms with Crippen molar-refractivity contribution in [3.05, 3.63) is 63.9 Å². The third kappa shape index (κ3) is 4.40. The first-order valence-corrected chi connectivity index (χ1v) is 9.13. The number of amides is 1. The van der Waals surface area contributed by atoms with E-state index in [4.69, 9.17) is 0 Å². The summed E-state index contributed by atoms with van der Waals surface area (Å²) in [7, 11) is 1.68. The van der Waals surface area contributed by atoms with Crippen LogP contribution in [-0.2, 0) is 11.3 Å². The molecular formula is C19H20BrFN4O. The van der Waals surface area contributed by atoms with E-state index in [1.165, 1.54) is 6.07 Å². The predicted octanol–water partition coefficient (Wildman–Crippen LogP) is 3.38. The van der Waals surface area contributed by atoms with Gasteiger partial charge in [0.05, 0.1) is 4.47 Å². The van der Waals surface area contributed by atoms with Gasteiger partial charge in [-0.15, -0.1) is 0 Å². The first-order chi connectivity index (χ1) is 12.6. The van der Waals surface area contributed by atoms with Gasteiger partial charge in [-0.25, -0.2) is 4.39 Å². The maximum atomic E-state index is 13.6. The van der Waals surface area contributed by atoms with E-state index in [1.807, 2.05) is 30.3 Å². The number of nitrogens with one attached hydrogen (secondary N) is 3. The molecule has 1 aliphatic heterocycles. The summed E-state index contributed by atoms with van der Waals surface area (Å²) in [6.07, 6.45) is 0.429. The van der Waals surface area contributed by atoms with Gasteiger partial charge in [0.1, 0.15) is 5.82 Å². The standard InChI is InChI=1S/C19H20BrFN4O/c1-22-19(23-10-12-6-7-15(20)16(21)8-12)24-11-13-9-18(26)25-17-5-3-2-4-14(13)17/h2-8,13H,9-11H2,1H3,(H,25,26)(H2,22,23,24). The fraction of sp³-hybridized carbons (Fsp3) is 0.263. The second-order valence-corrected chi connectivity index (χ2v) is 6.95. The Morgan fingerprint density at radius 1 is 1.31 bits per heavy atom. The number of hydrogen-bond donors (Lipinski definition) is 3. The van der Waals surface area contributed by atoms with Crippen LogP contribution >= 0.6 is 15.9 Å². The Balaban J connectivity index is 1.59. The smallest absolute Gasteiger partial charge is 0.225 e. The Kier molecular flexibility index (Phi) is 5.88. The maximum Gasteiger partial charge on any atom is 0.225 e. The summed E-state index contributed by atoms with van der Waals surface area (Å²) in [5.74, 6) is 0.404. The van der Waals surface area contributed by atoms with Crippen molar-refractivity contribution in [3.8, 4) is 0 Å². The number of guanidine groups is 1. The first kappa shape index (κ1) is 18.4. The Morgan fingerprint density at radius 3 is 2.88 bits per heavy atom. The van der Waals surface area contributed by atoms with Gasteiger partial charge in [0.15, 0.2) is 5.96 Å². The molecule has 0 aromatic heterocycles. The average Bonchev–Trinajstić information content (AvgIpc) is 2.64. The summed E-state index contributed by atoms with van der Waals surface area (Å²) in [5, 5.41) is 9.31. The van der Waals surface area contributed by atoms with Crippen LogP contribution in [0.5, 0.6) is 0 Å². The van der Waals surface area contributed by atoms with Crippen molar-refractivity contribution in [1.82, 2.24) is 10.6 Å². The van der Waals surface area contributed by atoms with Crippen molar-refractivity contribution in [2.24, 2.45) is 4.99 Å². The van der Waals surface area contributed by atoms with Crippen molar-refractivity contribution < 1.29 is 9.18 Å². The summed E-state index contributed by atoms with van der Waals surface area (Å²) in [5.41, 5.74) is 2.80. The van der Waals surface area contributed by atoms with E-state index in [0.29, 0.717) is 29.9 Å². The number of nitrogens with zero attached hydrogens (tertiary/aromatic N) is 1. The minimum absolute atomic E-state index is 0.0174. The van der Waals surface area contributed by atoms with Crippen LogP contribution in [0.15, 0.2) is 51.9 Å². The number of benzene rings is 2. The number of halogens is 2. The minimum atomic E-state index is -0.294. The van der Waals surface area contributed by atoms with E-state index in [2.05, 4.69) is 36.9 Å². The summed E-state index contributed by atoms with van der Waals surface area (Å²) in [6, 6.07) is 12.8. The second kappa shape index (κ2) is 8.31. The topological polar surface area (TPSA) is 65.5 Å². The zero-order valence-electron chi connectivity index (χ0n) is 14.4. The molecule has 1 heterocycles. The number of hydrogen-bond acceptors (Lipinski definition) is 2. The number of rotatable bonds is 4. The molecule has 0 spiro atoms. The quantitative estimate of drug-likeness (QED) is 0.526. The molecule has 5 nitrogen and oxygen atoms in total. The van der Waals surface area contributed by atoms with Crippen LogP contribution in [0, 0.1) is 5.82 Å². The van der Waals surface area contributed by atoms with Crippen molar-refractivity contribution in [1.29, 1.82) is 0 Å². The summed E-state index contributed by atoms with van der Waals surface area (Å²) in [6.45, 7) is 1.03. The Labute approximate surface area is 160 Å². The number of carbonyl (C=O) groups excluding carboxylic acids is 1. The summed E-state index contributed by atoms with van der Waals surface area (Å²) < 4.78 is 14.0. The Bertz CT molecular complexity index is 840. The van der Waals surface area contributed by atoms with Crippen LogP contribution < -0.4 is 16.0 Å². The van der Waals surface area contributed by atoms with Gasteiger partial charge < -0.3 is 16.0 Å². The molecule has 3 N–H and O–H groups in total. The number of anilines is 1. The van der Waals surface area contributed by atoms with Crippen LogP contribution in [0.3, 0.4) is 0 Å². The van der Waals surface area contributed by atoms with E-state index >= 15 is 0 Å². The number of para-hydroxylation sites is 1. The van der Waals surface area contributed by atoms with Gasteiger partial charge in [-0.1, -0.05) is 24.3 Å². The fourth-order valence-electron chi connectivity index (χ4n) is 2.96. The van der Waals surface area contributed by atoms with Crippen molar-refractivity contribution in [2.75, 3.05) is 18.9 Å². The highest BCUT2D eigenvalue weighted by atomic mass is 79.9. The molecule has 0 saturated carbocycles. The highest BCUT2D eigenvalue weighted by molar-refractivity contribution is 9.10. The van der Waals surface area contributed by atoms with Gasteiger partial charge in [0, 0.05) is 38.2 Å². The summed E-state index contributed by atoms with van der Waals surface area (Å²) >= 11 is 3.15. The predicted molar refractivity (Wildman–Crippen MR) is 105 cm³/mol. The Morgan fingerprint density at radius 2 is 2.12 bits per heavy atom. The lowest BCUT2D eigenvalue weighted by Crippen LogP contribution is -2.40. The second-order valence-electron chi connectivity index (χ2n) is 6.09. The lowest BCUT2D eigenvalue weighted by atomic mass is 9.90. The molecule has 1 amide bonds. The molecule has 2 aromatic carbocycles. The van der Waals surface area contributed by atoms with E-state index in [-0.39, 0.29) is 17.6 Å². The molecule has 1 unspecified atom stereocenters. The number of carbonyl (C=O) groups is 1. The maximum absolute atomic E-state index is 13.6. The van der Waals surface area contributed by atoms with Gasteiger partial charge in [0.2, 0.25) is 5.91 Å². The monoisotopic (exact) mass is 418 g/mol. The van der Waals surface area contributed by atoms with E-state index in [9.17, 15) is 9.18 Å². The van der Waals surface area contributed by atoms with Crippen molar-refractivity contribution in [3.63, 3.8) is 0 Å². The van der Waals surface area contributed by atoms with Gasteiger partial charge in [-0.05, 0) is 45.3 Å². The third-order valence-electron chi connectivity index (χ3n) is 4.29. The number of aliphatic imine (C=N–C) groups is 1. The van der Waals surface area contributed by atoms with Gasteiger partial charge in [0.25, 0.3) is 0 Å². The molecule has 0 saturated heterocycles. The van der Waals surface area contributed by atoms with Crippen LogP contribution in [0.4, 0.5) is 10.1 Å². The zero-order valence-corrected chi connectivity index (χ0v) is 15.9. The third-order valence-corrected chi connectivity index (χ3v) is 4.93. The lowest BCUT2D eigenvalue weighted by Gasteiger charge is -2.26. The van der Waals surface area contributed by atoms with Crippen LogP contribution in [0.2, 0.25) is 0 Å². The van der Waals surface area contributed by atoms with Crippen LogP contribution in [-0.4, -0.2) is 25.5 Å². The van der Waals surface area contributed by atoms with Crippen molar-refractivity contribution in [2.45, 2.75) is 18.9 Å². The normalized spacial score (nSPS) is 16.7. The largest absolute Gasteiger partial charge is 0.356 e. The molecule has 2 aromatic rings. The molecule has 26 heavy (non-hydrogen) atoms. The van der Waals surface area contributed by atoms with E-state index in [0.717, 1.165) is 16.8 Å². The zero-order chi connectivity index (χ0) is 18.5. The molecule has 3 rings (SSSR count). The molecule has 0 bridgehead atoms. The van der Waals surface area contributed by atoms with Crippen LogP contribution in [0.25, 0.3) is 0 Å². The van der Waals surface area contributed by atoms with Crippen LogP contribution in [0.1, 0.15) is 23.5 Å². The first-order valence-electron chi connectivity index (χ1n) is 8.34. The highest BCUT2D eigenvalue weighted by Gasteiger charge is 2.24. The molecule has 136 valence electrons. The van der Waals surface area contributed by atoms with Gasteiger partial charge >= 0.3 is 0 Å². The van der Waals surface area contributed by atoms with Gasteiger partial charge in [-0.2, -0.15) is 0 Å². The molecule has 1 aliphatic rings. The summed E-state index contributed by atoms with van der Waals surface area (Å²) in [4.78, 5) is 16.1. The average molecular weight is 419 g/mol. The molecule has 7 heteroatoms. The van der Waals surface area contributed by atoms with E-state index < -0.39 is 0 Å². The molecular weight excluding hydrogens is 399 g/mol. The fourth-order valence-corrected chi connectivity index (χ4v) is 3.21. The van der Waals surface area contributed by atoms with E-state index in [1.54, 1.807) is 13.1 Å². The molecule has 0 fully saturated rings. The van der Waals surface area contributed by atoms with Crippen molar-refractivity contribution >= 4 is 33.5 Å².